The van der Waals surface area contributed by atoms with Gasteiger partial charge in [0.25, 0.3) is 0 Å². The van der Waals surface area contributed by atoms with Crippen LogP contribution in [0.15, 0.2) is 96.0 Å². The Balaban J connectivity index is 1.86. The molecule has 3 rings (SSSR count). The van der Waals surface area contributed by atoms with Gasteiger partial charge in [-0.1, -0.05) is 91.0 Å². The van der Waals surface area contributed by atoms with E-state index in [0.717, 1.165) is 11.1 Å². The summed E-state index contributed by atoms with van der Waals surface area (Å²) < 4.78 is 0. The minimum absolute atomic E-state index is 0.0591. The quantitative estimate of drug-likeness (QED) is 0.145. The summed E-state index contributed by atoms with van der Waals surface area (Å²) in [6.07, 6.45) is 0.662. The van der Waals surface area contributed by atoms with Gasteiger partial charge in [0, 0.05) is 6.54 Å². The number of benzene rings is 3. The molecule has 3 aromatic carbocycles. The predicted octanol–water partition coefficient (Wildman–Crippen LogP) is 1.70. The van der Waals surface area contributed by atoms with Crippen LogP contribution in [0, 0.1) is 0 Å². The van der Waals surface area contributed by atoms with Gasteiger partial charge in [0.2, 0.25) is 17.7 Å². The Hall–Kier alpha value is -4.66. The fourth-order valence-corrected chi connectivity index (χ4v) is 4.02. The van der Waals surface area contributed by atoms with Crippen molar-refractivity contribution in [2.75, 3.05) is 6.54 Å². The lowest BCUT2D eigenvalue weighted by molar-refractivity contribution is -0.131. The van der Waals surface area contributed by atoms with Gasteiger partial charge >= 0.3 is 0 Å². The van der Waals surface area contributed by atoms with E-state index in [4.69, 9.17) is 17.2 Å². The minimum Gasteiger partial charge on any atom is -0.370 e. The first-order valence-electron chi connectivity index (χ1n) is 12.0. The molecule has 3 aromatic rings. The maximum atomic E-state index is 13.6. The van der Waals surface area contributed by atoms with Crippen LogP contribution in [0.2, 0.25) is 0 Å². The van der Waals surface area contributed by atoms with E-state index in [-0.39, 0.29) is 24.8 Å². The Morgan fingerprint density at radius 2 is 1.16 bits per heavy atom. The zero-order valence-electron chi connectivity index (χ0n) is 20.4. The molecular formula is C28H32N6O3. The summed E-state index contributed by atoms with van der Waals surface area (Å²) in [5.41, 5.74) is 18.5. The van der Waals surface area contributed by atoms with E-state index in [0.29, 0.717) is 12.0 Å². The SMILES string of the molecule is NC(=O)[C@H](NC(=O)[C@@H](CCCN=C(N)N)NC(=O)C(c1ccccc1)c1ccccc1)c1ccccc1. The van der Waals surface area contributed by atoms with Crippen LogP contribution in [-0.4, -0.2) is 36.3 Å². The number of carbonyl (C=O) groups is 3. The van der Waals surface area contributed by atoms with Crippen molar-refractivity contribution < 1.29 is 14.4 Å². The molecule has 0 heterocycles. The van der Waals surface area contributed by atoms with Gasteiger partial charge in [0.1, 0.15) is 12.1 Å². The van der Waals surface area contributed by atoms with Gasteiger partial charge in [0.15, 0.2) is 5.96 Å². The summed E-state index contributed by atoms with van der Waals surface area (Å²) in [6, 6.07) is 25.3. The average molecular weight is 501 g/mol. The monoisotopic (exact) mass is 500 g/mol. The number of carbonyl (C=O) groups excluding carboxylic acids is 3. The number of guanidine groups is 1. The number of hydrogen-bond acceptors (Lipinski definition) is 4. The molecule has 0 radical (unpaired) electrons. The second kappa shape index (κ2) is 13.4. The molecule has 0 spiro atoms. The molecule has 8 N–H and O–H groups in total. The van der Waals surface area contributed by atoms with Crippen molar-refractivity contribution >= 4 is 23.7 Å². The van der Waals surface area contributed by atoms with E-state index in [1.165, 1.54) is 0 Å². The normalized spacial score (nSPS) is 12.2. The Labute approximate surface area is 216 Å². The second-order valence-electron chi connectivity index (χ2n) is 8.52. The Morgan fingerprint density at radius 1 is 0.676 bits per heavy atom. The van der Waals surface area contributed by atoms with Crippen molar-refractivity contribution in [3.63, 3.8) is 0 Å². The van der Waals surface area contributed by atoms with Crippen molar-refractivity contribution in [1.82, 2.24) is 10.6 Å². The third-order valence-electron chi connectivity index (χ3n) is 5.81. The third kappa shape index (κ3) is 7.93. The molecule has 192 valence electrons. The van der Waals surface area contributed by atoms with Crippen molar-refractivity contribution in [2.45, 2.75) is 30.8 Å². The molecule has 0 aliphatic carbocycles. The van der Waals surface area contributed by atoms with E-state index in [1.54, 1.807) is 30.3 Å². The third-order valence-corrected chi connectivity index (χ3v) is 5.81. The highest BCUT2D eigenvalue weighted by molar-refractivity contribution is 5.94. The average Bonchev–Trinajstić information content (AvgIpc) is 2.90. The van der Waals surface area contributed by atoms with Crippen LogP contribution in [0.3, 0.4) is 0 Å². The fraction of sp³-hybridized carbons (Fsp3) is 0.214. The van der Waals surface area contributed by atoms with Crippen LogP contribution < -0.4 is 27.8 Å². The van der Waals surface area contributed by atoms with Gasteiger partial charge in [-0.2, -0.15) is 0 Å². The summed E-state index contributed by atoms with van der Waals surface area (Å²) in [6.45, 7) is 0.278. The largest absolute Gasteiger partial charge is 0.370 e. The number of nitrogens with two attached hydrogens (primary N) is 3. The zero-order chi connectivity index (χ0) is 26.6. The first-order chi connectivity index (χ1) is 17.9. The molecule has 3 amide bonds. The lowest BCUT2D eigenvalue weighted by Gasteiger charge is -2.25. The first-order valence-corrected chi connectivity index (χ1v) is 12.0. The molecular weight excluding hydrogens is 468 g/mol. The van der Waals surface area contributed by atoms with Crippen LogP contribution in [0.4, 0.5) is 0 Å². The number of rotatable bonds is 12. The summed E-state index contributed by atoms with van der Waals surface area (Å²) in [5, 5.41) is 5.58. The first kappa shape index (κ1) is 26.9. The molecule has 9 nitrogen and oxygen atoms in total. The number of aliphatic imine (C=N–C) groups is 1. The van der Waals surface area contributed by atoms with Crippen molar-refractivity contribution in [3.05, 3.63) is 108 Å². The number of primary amides is 1. The summed E-state index contributed by atoms with van der Waals surface area (Å²) >= 11 is 0. The zero-order valence-corrected chi connectivity index (χ0v) is 20.4. The summed E-state index contributed by atoms with van der Waals surface area (Å²) in [7, 11) is 0. The number of nitrogens with one attached hydrogen (secondary N) is 2. The van der Waals surface area contributed by atoms with E-state index < -0.39 is 29.8 Å². The lowest BCUT2D eigenvalue weighted by atomic mass is 9.90. The summed E-state index contributed by atoms with van der Waals surface area (Å²) in [5.74, 6) is -2.30. The molecule has 9 heteroatoms. The fourth-order valence-electron chi connectivity index (χ4n) is 4.02. The molecule has 0 aromatic heterocycles. The molecule has 0 unspecified atom stereocenters. The van der Waals surface area contributed by atoms with Crippen molar-refractivity contribution in [3.8, 4) is 0 Å². The Bertz CT molecular complexity index is 1160. The van der Waals surface area contributed by atoms with Crippen molar-refractivity contribution in [1.29, 1.82) is 0 Å². The molecule has 0 fully saturated rings. The smallest absolute Gasteiger partial charge is 0.244 e. The van der Waals surface area contributed by atoms with Crippen LogP contribution in [0.25, 0.3) is 0 Å². The van der Waals surface area contributed by atoms with Gasteiger partial charge in [-0.15, -0.1) is 0 Å². The Morgan fingerprint density at radius 3 is 1.62 bits per heavy atom. The van der Waals surface area contributed by atoms with Crippen LogP contribution in [0.1, 0.15) is 41.5 Å². The van der Waals surface area contributed by atoms with Gasteiger partial charge in [-0.3, -0.25) is 19.4 Å². The van der Waals surface area contributed by atoms with E-state index in [1.807, 2.05) is 60.7 Å². The van der Waals surface area contributed by atoms with Crippen LogP contribution in [0.5, 0.6) is 0 Å². The van der Waals surface area contributed by atoms with E-state index >= 15 is 0 Å². The number of hydrogen-bond donors (Lipinski definition) is 5. The highest BCUT2D eigenvalue weighted by atomic mass is 16.2. The molecule has 0 saturated carbocycles. The second-order valence-corrected chi connectivity index (χ2v) is 8.52. The van der Waals surface area contributed by atoms with Gasteiger partial charge < -0.3 is 27.8 Å². The number of nitrogens with zero attached hydrogens (tertiary/aromatic N) is 1. The molecule has 0 aliphatic heterocycles. The standard InChI is InChI=1S/C28H32N6O3/c29-25(35)24(21-15-8-3-9-16-21)34-26(36)22(17-10-18-32-28(30)31)33-27(37)23(19-11-4-1-5-12-19)20-13-6-2-7-14-20/h1-9,11-16,22-24H,10,17-18H2,(H2,29,35)(H,33,37)(H,34,36)(H4,30,31,32)/t22-,24-/m1/s1. The van der Waals surface area contributed by atoms with Gasteiger partial charge in [0.05, 0.1) is 5.92 Å². The lowest BCUT2D eigenvalue weighted by Crippen LogP contribution is -2.50. The molecule has 0 bridgehead atoms. The topological polar surface area (TPSA) is 166 Å². The minimum atomic E-state index is -1.05. The molecule has 37 heavy (non-hydrogen) atoms. The summed E-state index contributed by atoms with van der Waals surface area (Å²) in [4.78, 5) is 43.1. The Kier molecular flexibility index (Phi) is 9.78. The van der Waals surface area contributed by atoms with Gasteiger partial charge in [-0.25, -0.2) is 0 Å². The maximum absolute atomic E-state index is 13.6. The number of amides is 3. The molecule has 0 saturated heterocycles. The highest BCUT2D eigenvalue weighted by Crippen LogP contribution is 2.25. The highest BCUT2D eigenvalue weighted by Gasteiger charge is 2.30. The maximum Gasteiger partial charge on any atom is 0.244 e. The van der Waals surface area contributed by atoms with E-state index in [9.17, 15) is 14.4 Å². The van der Waals surface area contributed by atoms with E-state index in [2.05, 4.69) is 15.6 Å². The predicted molar refractivity (Wildman–Crippen MR) is 143 cm³/mol. The van der Waals surface area contributed by atoms with Crippen molar-refractivity contribution in [2.24, 2.45) is 22.2 Å². The van der Waals surface area contributed by atoms with Crippen LogP contribution in [-0.2, 0) is 14.4 Å². The van der Waals surface area contributed by atoms with Crippen LogP contribution >= 0.6 is 0 Å². The molecule has 2 atom stereocenters. The van der Waals surface area contributed by atoms with Gasteiger partial charge in [-0.05, 0) is 29.5 Å². The molecule has 0 aliphatic rings.